The van der Waals surface area contributed by atoms with Gasteiger partial charge in [-0.3, -0.25) is 4.98 Å². The topological polar surface area (TPSA) is 99.0 Å². The standard InChI is InChI=1S/C25H22F3N3O4S2/c1-3-36(32,33)22-12-18(17-8-6-16(7-9-17)15-4-5-15)14-29-23(22)24-30-20-13-19(10-11-21(20)31(24)2)37(34,35)25(26,27)28/h6-15H,3-5H2,1-2H3. The summed E-state index contributed by atoms with van der Waals surface area (Å²) >= 11 is 0. The number of hydrogen-bond donors (Lipinski definition) is 0. The second kappa shape index (κ2) is 8.66. The van der Waals surface area contributed by atoms with Gasteiger partial charge in [-0.25, -0.2) is 21.8 Å². The van der Waals surface area contributed by atoms with E-state index in [1.165, 1.54) is 35.4 Å². The van der Waals surface area contributed by atoms with Gasteiger partial charge in [0.05, 0.1) is 26.6 Å². The van der Waals surface area contributed by atoms with Crippen molar-refractivity contribution in [3.8, 4) is 22.6 Å². The Kier molecular flexibility index (Phi) is 5.94. The third-order valence-electron chi connectivity index (χ3n) is 6.54. The van der Waals surface area contributed by atoms with Crippen molar-refractivity contribution in [2.24, 2.45) is 7.05 Å². The molecule has 2 aromatic carbocycles. The predicted octanol–water partition coefficient (Wildman–Crippen LogP) is 5.27. The highest BCUT2D eigenvalue weighted by molar-refractivity contribution is 7.92. The quantitative estimate of drug-likeness (QED) is 0.325. The number of aromatic nitrogens is 3. The van der Waals surface area contributed by atoms with Crippen molar-refractivity contribution in [3.63, 3.8) is 0 Å². The van der Waals surface area contributed by atoms with E-state index in [4.69, 9.17) is 0 Å². The van der Waals surface area contributed by atoms with Crippen LogP contribution in [0.25, 0.3) is 33.7 Å². The van der Waals surface area contributed by atoms with E-state index in [9.17, 15) is 30.0 Å². The van der Waals surface area contributed by atoms with Crippen LogP contribution in [-0.4, -0.2) is 42.6 Å². The maximum absolute atomic E-state index is 13.1. The molecule has 37 heavy (non-hydrogen) atoms. The molecule has 2 heterocycles. The smallest absolute Gasteiger partial charge is 0.326 e. The first-order valence-corrected chi connectivity index (χ1v) is 14.6. The summed E-state index contributed by atoms with van der Waals surface area (Å²) in [6.07, 6.45) is 3.85. The van der Waals surface area contributed by atoms with E-state index < -0.39 is 30.1 Å². The van der Waals surface area contributed by atoms with Crippen molar-refractivity contribution < 1.29 is 30.0 Å². The van der Waals surface area contributed by atoms with E-state index in [0.29, 0.717) is 17.0 Å². The molecule has 5 rings (SSSR count). The number of fused-ring (bicyclic) bond motifs is 1. The summed E-state index contributed by atoms with van der Waals surface area (Å²) in [4.78, 5) is 7.69. The Morgan fingerprint density at radius 1 is 0.973 bits per heavy atom. The van der Waals surface area contributed by atoms with Crippen molar-refractivity contribution in [2.45, 2.75) is 41.0 Å². The van der Waals surface area contributed by atoms with Gasteiger partial charge in [-0.2, -0.15) is 13.2 Å². The largest absolute Gasteiger partial charge is 0.501 e. The third kappa shape index (κ3) is 4.42. The Balaban J connectivity index is 1.64. The molecule has 0 atom stereocenters. The molecule has 0 radical (unpaired) electrons. The minimum absolute atomic E-state index is 0.0270. The van der Waals surface area contributed by atoms with Crippen molar-refractivity contribution in [1.82, 2.24) is 14.5 Å². The lowest BCUT2D eigenvalue weighted by Crippen LogP contribution is -2.23. The van der Waals surface area contributed by atoms with E-state index in [-0.39, 0.29) is 27.7 Å². The van der Waals surface area contributed by atoms with Crippen LogP contribution in [0.4, 0.5) is 13.2 Å². The Morgan fingerprint density at radius 2 is 1.65 bits per heavy atom. The Labute approximate surface area is 211 Å². The van der Waals surface area contributed by atoms with Crippen LogP contribution in [0.3, 0.4) is 0 Å². The van der Waals surface area contributed by atoms with Crippen molar-refractivity contribution in [1.29, 1.82) is 0 Å². The number of halogens is 3. The van der Waals surface area contributed by atoms with Gasteiger partial charge in [-0.15, -0.1) is 0 Å². The molecule has 4 aromatic rings. The van der Waals surface area contributed by atoms with E-state index >= 15 is 0 Å². The van der Waals surface area contributed by atoms with Gasteiger partial charge >= 0.3 is 5.51 Å². The molecule has 1 saturated carbocycles. The van der Waals surface area contributed by atoms with Crippen LogP contribution in [0, 0.1) is 0 Å². The second-order valence-corrected chi connectivity index (χ2v) is 13.2. The molecule has 0 unspecified atom stereocenters. The Hall–Kier alpha value is -3.25. The lowest BCUT2D eigenvalue weighted by atomic mass is 10.0. The average molecular weight is 550 g/mol. The molecular formula is C25H22F3N3O4S2. The number of alkyl halides is 3. The Bertz CT molecular complexity index is 1740. The maximum Gasteiger partial charge on any atom is 0.501 e. The van der Waals surface area contributed by atoms with Crippen molar-refractivity contribution in [3.05, 3.63) is 60.3 Å². The molecule has 1 aliphatic rings. The van der Waals surface area contributed by atoms with Crippen LogP contribution in [0.15, 0.2) is 64.5 Å². The second-order valence-electron chi connectivity index (χ2n) is 8.96. The molecule has 194 valence electrons. The monoisotopic (exact) mass is 549 g/mol. The molecule has 0 spiro atoms. The molecule has 1 fully saturated rings. The van der Waals surface area contributed by atoms with E-state index in [1.54, 1.807) is 7.05 Å². The molecule has 12 heteroatoms. The lowest BCUT2D eigenvalue weighted by Gasteiger charge is -2.12. The van der Waals surface area contributed by atoms with Crippen LogP contribution in [0.2, 0.25) is 0 Å². The molecule has 2 aromatic heterocycles. The predicted molar refractivity (Wildman–Crippen MR) is 132 cm³/mol. The summed E-state index contributed by atoms with van der Waals surface area (Å²) < 4.78 is 90.5. The molecule has 0 amide bonds. The average Bonchev–Trinajstić information content (AvgIpc) is 3.66. The fraction of sp³-hybridized carbons (Fsp3) is 0.280. The first-order valence-electron chi connectivity index (χ1n) is 11.4. The minimum atomic E-state index is -5.57. The fourth-order valence-corrected chi connectivity index (χ4v) is 6.06. The molecule has 7 nitrogen and oxygen atoms in total. The highest BCUT2D eigenvalue weighted by Crippen LogP contribution is 2.41. The number of imidazole rings is 1. The lowest BCUT2D eigenvalue weighted by molar-refractivity contribution is -0.0435. The zero-order chi connectivity index (χ0) is 26.8. The Morgan fingerprint density at radius 3 is 2.24 bits per heavy atom. The number of pyridine rings is 1. The molecular weight excluding hydrogens is 527 g/mol. The highest BCUT2D eigenvalue weighted by atomic mass is 32.2. The zero-order valence-corrected chi connectivity index (χ0v) is 21.5. The zero-order valence-electron chi connectivity index (χ0n) is 19.8. The molecule has 0 N–H and O–H groups in total. The summed E-state index contributed by atoms with van der Waals surface area (Å²) in [6.45, 7) is 1.50. The van der Waals surface area contributed by atoms with E-state index in [2.05, 4.69) is 9.97 Å². The maximum atomic E-state index is 13.1. The molecule has 0 aliphatic heterocycles. The summed E-state index contributed by atoms with van der Waals surface area (Å²) in [6, 6.07) is 12.3. The first-order chi connectivity index (χ1) is 17.3. The normalized spacial score (nSPS) is 14.8. The number of aryl methyl sites for hydroxylation is 1. The van der Waals surface area contributed by atoms with Gasteiger partial charge < -0.3 is 4.57 Å². The number of benzene rings is 2. The number of hydrogen-bond acceptors (Lipinski definition) is 6. The van der Waals surface area contributed by atoms with Crippen LogP contribution >= 0.6 is 0 Å². The van der Waals surface area contributed by atoms with Gasteiger partial charge in [0, 0.05) is 18.8 Å². The van der Waals surface area contributed by atoms with Gasteiger partial charge in [0.1, 0.15) is 5.69 Å². The van der Waals surface area contributed by atoms with Crippen molar-refractivity contribution in [2.75, 3.05) is 5.75 Å². The summed E-state index contributed by atoms with van der Waals surface area (Å²) in [5.74, 6) is 0.456. The third-order valence-corrected chi connectivity index (χ3v) is 9.77. The van der Waals surface area contributed by atoms with E-state index in [0.717, 1.165) is 30.5 Å². The number of sulfone groups is 2. The van der Waals surface area contributed by atoms with Crippen LogP contribution in [0.1, 0.15) is 31.2 Å². The summed E-state index contributed by atoms with van der Waals surface area (Å²) in [7, 11) is -7.81. The van der Waals surface area contributed by atoms with Crippen LogP contribution < -0.4 is 0 Å². The van der Waals surface area contributed by atoms with Gasteiger partial charge in [-0.05, 0) is 54.2 Å². The highest BCUT2D eigenvalue weighted by Gasteiger charge is 2.47. The van der Waals surface area contributed by atoms with Gasteiger partial charge in [0.15, 0.2) is 15.7 Å². The van der Waals surface area contributed by atoms with Gasteiger partial charge in [0.25, 0.3) is 9.84 Å². The van der Waals surface area contributed by atoms with Crippen molar-refractivity contribution >= 4 is 30.7 Å². The molecule has 0 saturated heterocycles. The molecule has 0 bridgehead atoms. The SMILES string of the molecule is CCS(=O)(=O)c1cc(-c2ccc(C3CC3)cc2)cnc1-c1nc2cc(S(=O)(=O)C(F)(F)F)ccc2n1C. The minimum Gasteiger partial charge on any atom is -0.326 e. The first kappa shape index (κ1) is 25.4. The van der Waals surface area contributed by atoms with Gasteiger partial charge in [-0.1, -0.05) is 31.2 Å². The number of nitrogens with zero attached hydrogens (tertiary/aromatic N) is 3. The fourth-order valence-electron chi connectivity index (χ4n) is 4.22. The summed E-state index contributed by atoms with van der Waals surface area (Å²) in [5, 5.41) is 0. The van der Waals surface area contributed by atoms with Crippen LogP contribution in [-0.2, 0) is 26.7 Å². The molecule has 1 aliphatic carbocycles. The van der Waals surface area contributed by atoms with E-state index in [1.807, 2.05) is 24.3 Å². The van der Waals surface area contributed by atoms with Gasteiger partial charge in [0.2, 0.25) is 0 Å². The number of rotatable bonds is 6. The van der Waals surface area contributed by atoms with Crippen LogP contribution in [0.5, 0.6) is 0 Å². The summed E-state index contributed by atoms with van der Waals surface area (Å²) in [5.41, 5.74) is -2.53.